The molecule has 0 aromatic heterocycles. The molecule has 0 heterocycles. The summed E-state index contributed by atoms with van der Waals surface area (Å²) in [7, 11) is 0. The van der Waals surface area contributed by atoms with E-state index in [9.17, 15) is 29.3 Å². The first-order valence-electron chi connectivity index (χ1n) is 9.30. The van der Waals surface area contributed by atoms with Crippen molar-refractivity contribution in [3.63, 3.8) is 0 Å². The van der Waals surface area contributed by atoms with Gasteiger partial charge in [-0.2, -0.15) is 0 Å². The van der Waals surface area contributed by atoms with Gasteiger partial charge in [0.05, 0.1) is 4.92 Å². The summed E-state index contributed by atoms with van der Waals surface area (Å²) in [6.45, 7) is -1.54. The number of benzene rings is 2. The van der Waals surface area contributed by atoms with Gasteiger partial charge in [0.25, 0.3) is 5.69 Å². The Morgan fingerprint density at radius 2 is 1.67 bits per heavy atom. The Kier molecular flexibility index (Phi) is 9.12. The predicted molar refractivity (Wildman–Crippen MR) is 109 cm³/mol. The SMILES string of the molecule is O=C(O)CNC(=O)[C@H](COC(=O)Oc1ccc([N+](=O)[O-])cc1)NC(=O)OCc1ccccc1. The number of ether oxygens (including phenoxy) is 3. The minimum absolute atomic E-state index is 0.0623. The molecule has 3 N–H and O–H groups in total. The van der Waals surface area contributed by atoms with Gasteiger partial charge in [-0.25, -0.2) is 9.59 Å². The highest BCUT2D eigenvalue weighted by Gasteiger charge is 2.24. The van der Waals surface area contributed by atoms with E-state index >= 15 is 0 Å². The van der Waals surface area contributed by atoms with E-state index in [2.05, 4.69) is 5.32 Å². The largest absolute Gasteiger partial charge is 0.513 e. The van der Waals surface area contributed by atoms with Gasteiger partial charge in [-0.05, 0) is 17.7 Å². The van der Waals surface area contributed by atoms with Gasteiger partial charge < -0.3 is 30.0 Å². The normalized spacial score (nSPS) is 10.9. The lowest BCUT2D eigenvalue weighted by atomic mass is 10.2. The molecule has 33 heavy (non-hydrogen) atoms. The Labute approximate surface area is 186 Å². The second-order valence-electron chi connectivity index (χ2n) is 6.28. The number of carboxylic acids is 1. The highest BCUT2D eigenvalue weighted by atomic mass is 16.7. The van der Waals surface area contributed by atoms with Crippen LogP contribution in [0.2, 0.25) is 0 Å². The molecule has 13 nitrogen and oxygen atoms in total. The van der Waals surface area contributed by atoms with Gasteiger partial charge in [0.2, 0.25) is 5.91 Å². The average Bonchev–Trinajstić information content (AvgIpc) is 2.79. The van der Waals surface area contributed by atoms with Crippen LogP contribution in [0.4, 0.5) is 15.3 Å². The number of alkyl carbamates (subject to hydrolysis) is 1. The molecule has 2 amide bonds. The summed E-state index contributed by atoms with van der Waals surface area (Å²) >= 11 is 0. The topological polar surface area (TPSA) is 183 Å². The Hall–Kier alpha value is -4.68. The number of carboxylic acid groups (broad SMARTS) is 1. The van der Waals surface area contributed by atoms with Crippen molar-refractivity contribution in [2.45, 2.75) is 12.6 Å². The third kappa shape index (κ3) is 8.92. The number of nitrogens with zero attached hydrogens (tertiary/aromatic N) is 1. The van der Waals surface area contributed by atoms with Gasteiger partial charge in [-0.15, -0.1) is 0 Å². The molecule has 0 fully saturated rings. The molecule has 0 radical (unpaired) electrons. The van der Waals surface area contributed by atoms with E-state index in [1.807, 2.05) is 5.32 Å². The van der Waals surface area contributed by atoms with Crippen LogP contribution < -0.4 is 15.4 Å². The van der Waals surface area contributed by atoms with Crippen LogP contribution in [-0.2, 0) is 25.7 Å². The lowest BCUT2D eigenvalue weighted by molar-refractivity contribution is -0.384. The number of carbonyl (C=O) groups excluding carboxylic acids is 3. The molecule has 2 aromatic carbocycles. The molecule has 13 heteroatoms. The van der Waals surface area contributed by atoms with E-state index in [0.29, 0.717) is 5.56 Å². The number of nitrogens with one attached hydrogen (secondary N) is 2. The molecular weight excluding hydrogens is 442 g/mol. The fourth-order valence-corrected chi connectivity index (χ4v) is 2.29. The standard InChI is InChI=1S/C20H19N3O10/c24-17(25)10-21-18(26)16(22-19(27)31-11-13-4-2-1-3-5-13)12-32-20(28)33-15-8-6-14(7-9-15)23(29)30/h1-9,16H,10-12H2,(H,21,26)(H,22,27)(H,24,25)/t16-/m0/s1. The summed E-state index contributed by atoms with van der Waals surface area (Å²) in [6, 6.07) is 11.7. The van der Waals surface area contributed by atoms with Crippen LogP contribution in [0.3, 0.4) is 0 Å². The summed E-state index contributed by atoms with van der Waals surface area (Å²) in [5, 5.41) is 23.6. The van der Waals surface area contributed by atoms with Gasteiger partial charge >= 0.3 is 18.2 Å². The molecule has 0 bridgehead atoms. The van der Waals surface area contributed by atoms with E-state index in [1.165, 1.54) is 0 Å². The van der Waals surface area contributed by atoms with Gasteiger partial charge in [0, 0.05) is 12.1 Å². The second kappa shape index (κ2) is 12.2. The second-order valence-corrected chi connectivity index (χ2v) is 6.28. The van der Waals surface area contributed by atoms with E-state index in [1.54, 1.807) is 30.3 Å². The predicted octanol–water partition coefficient (Wildman–Crippen LogP) is 1.61. The lowest BCUT2D eigenvalue weighted by Gasteiger charge is -2.17. The van der Waals surface area contributed by atoms with Crippen molar-refractivity contribution >= 4 is 29.8 Å². The fourth-order valence-electron chi connectivity index (χ4n) is 2.29. The number of hydrogen-bond acceptors (Lipinski definition) is 9. The van der Waals surface area contributed by atoms with Gasteiger partial charge in [0.15, 0.2) is 0 Å². The molecule has 0 unspecified atom stereocenters. The van der Waals surface area contributed by atoms with Crippen molar-refractivity contribution in [2.75, 3.05) is 13.2 Å². The van der Waals surface area contributed by atoms with Crippen LogP contribution >= 0.6 is 0 Å². The molecule has 0 spiro atoms. The minimum Gasteiger partial charge on any atom is -0.480 e. The van der Waals surface area contributed by atoms with Gasteiger partial charge in [-0.1, -0.05) is 30.3 Å². The van der Waals surface area contributed by atoms with Crippen molar-refractivity contribution < 1.29 is 43.4 Å². The maximum atomic E-state index is 12.2. The maximum absolute atomic E-state index is 12.2. The number of aliphatic carboxylic acids is 1. The molecular formula is C20H19N3O10. The Balaban J connectivity index is 1.92. The number of nitro benzene ring substituents is 1. The number of rotatable bonds is 10. The van der Waals surface area contributed by atoms with Crippen molar-refractivity contribution in [1.29, 1.82) is 0 Å². The first kappa shape index (κ1) is 24.6. The lowest BCUT2D eigenvalue weighted by Crippen LogP contribution is -2.50. The van der Waals surface area contributed by atoms with E-state index in [0.717, 1.165) is 24.3 Å². The zero-order chi connectivity index (χ0) is 24.2. The zero-order valence-electron chi connectivity index (χ0n) is 17.0. The highest BCUT2D eigenvalue weighted by Crippen LogP contribution is 2.17. The van der Waals surface area contributed by atoms with Crippen molar-refractivity contribution in [3.05, 3.63) is 70.3 Å². The first-order chi connectivity index (χ1) is 15.7. The third-order valence-corrected chi connectivity index (χ3v) is 3.85. The van der Waals surface area contributed by atoms with Crippen LogP contribution in [0.5, 0.6) is 5.75 Å². The molecule has 0 aliphatic carbocycles. The summed E-state index contributed by atoms with van der Waals surface area (Å²) in [5.41, 5.74) is 0.464. The fraction of sp³-hybridized carbons (Fsp3) is 0.200. The Morgan fingerprint density at radius 3 is 2.27 bits per heavy atom. The molecule has 2 aromatic rings. The van der Waals surface area contributed by atoms with E-state index in [4.69, 9.17) is 19.3 Å². The smallest absolute Gasteiger partial charge is 0.480 e. The van der Waals surface area contributed by atoms with E-state index < -0.39 is 48.2 Å². The average molecular weight is 461 g/mol. The number of hydrogen-bond donors (Lipinski definition) is 3. The zero-order valence-corrected chi connectivity index (χ0v) is 17.0. The third-order valence-electron chi connectivity index (χ3n) is 3.85. The van der Waals surface area contributed by atoms with Crippen LogP contribution in [0.15, 0.2) is 54.6 Å². The Bertz CT molecular complexity index is 995. The van der Waals surface area contributed by atoms with Crippen LogP contribution in [-0.4, -0.2) is 53.3 Å². The van der Waals surface area contributed by atoms with Crippen LogP contribution in [0, 0.1) is 10.1 Å². The number of non-ortho nitro benzene ring substituents is 1. The number of carbonyl (C=O) groups is 4. The van der Waals surface area contributed by atoms with Crippen LogP contribution in [0.1, 0.15) is 5.56 Å². The molecule has 0 aliphatic heterocycles. The number of nitro groups is 1. The van der Waals surface area contributed by atoms with Crippen molar-refractivity contribution in [2.24, 2.45) is 0 Å². The molecule has 2 rings (SSSR count). The highest BCUT2D eigenvalue weighted by molar-refractivity contribution is 5.88. The van der Waals surface area contributed by atoms with Crippen LogP contribution in [0.25, 0.3) is 0 Å². The number of amides is 2. The molecule has 1 atom stereocenters. The van der Waals surface area contributed by atoms with Gasteiger partial charge in [0.1, 0.15) is 31.5 Å². The quantitative estimate of drug-likeness (QED) is 0.203. The minimum atomic E-state index is -1.49. The monoisotopic (exact) mass is 461 g/mol. The van der Waals surface area contributed by atoms with Gasteiger partial charge in [-0.3, -0.25) is 19.7 Å². The van der Waals surface area contributed by atoms with Crippen molar-refractivity contribution in [3.8, 4) is 5.75 Å². The maximum Gasteiger partial charge on any atom is 0.513 e. The molecule has 0 saturated carbocycles. The molecule has 174 valence electrons. The summed E-state index contributed by atoms with van der Waals surface area (Å²) in [4.78, 5) is 56.8. The summed E-state index contributed by atoms with van der Waals surface area (Å²) in [6.07, 6.45) is -2.28. The Morgan fingerprint density at radius 1 is 1.00 bits per heavy atom. The molecule has 0 saturated heterocycles. The van der Waals surface area contributed by atoms with Crippen molar-refractivity contribution in [1.82, 2.24) is 10.6 Å². The summed E-state index contributed by atoms with van der Waals surface area (Å²) in [5.74, 6) is -2.34. The van der Waals surface area contributed by atoms with E-state index in [-0.39, 0.29) is 18.0 Å². The summed E-state index contributed by atoms with van der Waals surface area (Å²) < 4.78 is 14.6. The first-order valence-corrected chi connectivity index (χ1v) is 9.30. The molecule has 0 aliphatic rings.